The first-order valence-corrected chi connectivity index (χ1v) is 5.24. The van der Waals surface area contributed by atoms with E-state index in [1.165, 1.54) is 11.6 Å². The van der Waals surface area contributed by atoms with Crippen LogP contribution in [0, 0.1) is 0 Å². The molecule has 0 fully saturated rings. The quantitative estimate of drug-likeness (QED) is 0.772. The molecular formula is C11H17F2N3. The van der Waals surface area contributed by atoms with Gasteiger partial charge in [0.25, 0.3) is 0 Å². The summed E-state index contributed by atoms with van der Waals surface area (Å²) in [6.07, 6.45) is 4.39. The van der Waals surface area contributed by atoms with Gasteiger partial charge in [-0.2, -0.15) is 8.78 Å². The van der Waals surface area contributed by atoms with Gasteiger partial charge in [-0.25, -0.2) is 4.98 Å². The van der Waals surface area contributed by atoms with Gasteiger partial charge in [0.15, 0.2) is 5.82 Å². The SMILES string of the molecule is C/C=c1\c(=C/CC)nc(C(F)(F)NC)n1C. The van der Waals surface area contributed by atoms with Crippen LogP contribution in [-0.4, -0.2) is 16.6 Å². The lowest BCUT2D eigenvalue weighted by Crippen LogP contribution is -2.34. The molecule has 0 aliphatic rings. The number of imidazole rings is 1. The Kier molecular flexibility index (Phi) is 3.80. The van der Waals surface area contributed by atoms with Crippen molar-refractivity contribution in [2.45, 2.75) is 26.3 Å². The molecule has 0 amide bonds. The average molecular weight is 229 g/mol. The van der Waals surface area contributed by atoms with Gasteiger partial charge in [-0.05, 0) is 20.4 Å². The minimum atomic E-state index is -3.10. The van der Waals surface area contributed by atoms with E-state index >= 15 is 0 Å². The predicted octanol–water partition coefficient (Wildman–Crippen LogP) is 0.680. The van der Waals surface area contributed by atoms with Crippen LogP contribution in [0.25, 0.3) is 12.2 Å². The van der Waals surface area contributed by atoms with E-state index in [0.717, 1.165) is 6.42 Å². The van der Waals surface area contributed by atoms with Gasteiger partial charge >= 0.3 is 6.05 Å². The summed E-state index contributed by atoms with van der Waals surface area (Å²) in [5.74, 6) is -0.261. The Balaban J connectivity index is 3.53. The molecule has 0 spiro atoms. The van der Waals surface area contributed by atoms with Gasteiger partial charge in [0.2, 0.25) is 0 Å². The number of nitrogens with zero attached hydrogens (tertiary/aromatic N) is 2. The largest absolute Gasteiger partial charge is 0.361 e. The summed E-state index contributed by atoms with van der Waals surface area (Å²) in [7, 11) is 2.81. The van der Waals surface area contributed by atoms with Crippen LogP contribution in [0.5, 0.6) is 0 Å². The monoisotopic (exact) mass is 229 g/mol. The van der Waals surface area contributed by atoms with E-state index in [2.05, 4.69) is 4.98 Å². The smallest absolute Gasteiger partial charge is 0.325 e. The lowest BCUT2D eigenvalue weighted by atomic mass is 10.4. The Morgan fingerprint density at radius 3 is 2.56 bits per heavy atom. The van der Waals surface area contributed by atoms with Crippen LogP contribution >= 0.6 is 0 Å². The van der Waals surface area contributed by atoms with Gasteiger partial charge in [0.05, 0.1) is 10.7 Å². The molecule has 0 unspecified atom stereocenters. The highest BCUT2D eigenvalue weighted by atomic mass is 19.3. The fourth-order valence-corrected chi connectivity index (χ4v) is 1.61. The molecule has 0 aromatic carbocycles. The third-order valence-electron chi connectivity index (χ3n) is 2.43. The molecular weight excluding hydrogens is 212 g/mol. The van der Waals surface area contributed by atoms with E-state index < -0.39 is 6.05 Å². The Hall–Kier alpha value is -1.23. The molecule has 1 aromatic rings. The Bertz CT molecular complexity index is 474. The summed E-state index contributed by atoms with van der Waals surface area (Å²) in [4.78, 5) is 3.98. The Labute approximate surface area is 93.5 Å². The molecule has 1 N–H and O–H groups in total. The fourth-order valence-electron chi connectivity index (χ4n) is 1.61. The topological polar surface area (TPSA) is 29.9 Å². The number of hydrogen-bond donors (Lipinski definition) is 1. The van der Waals surface area contributed by atoms with Crippen molar-refractivity contribution < 1.29 is 8.78 Å². The molecule has 0 saturated heterocycles. The van der Waals surface area contributed by atoms with E-state index in [4.69, 9.17) is 0 Å². The van der Waals surface area contributed by atoms with Crippen molar-refractivity contribution in [1.82, 2.24) is 14.9 Å². The maximum absolute atomic E-state index is 13.5. The second kappa shape index (κ2) is 4.74. The molecule has 1 aromatic heterocycles. The minimum Gasteiger partial charge on any atom is -0.325 e. The van der Waals surface area contributed by atoms with Crippen molar-refractivity contribution in [3.05, 3.63) is 16.5 Å². The standard InChI is InChI=1S/C11H17F2N3/c1-5-7-8-9(6-2)16(4)10(15-8)11(12,13)14-3/h6-7,14H,5H2,1-4H3/b8-7+,9-6+. The first-order chi connectivity index (χ1) is 7.47. The van der Waals surface area contributed by atoms with Crippen LogP contribution in [0.2, 0.25) is 0 Å². The van der Waals surface area contributed by atoms with Crippen molar-refractivity contribution in [1.29, 1.82) is 0 Å². The average Bonchev–Trinajstić information content (AvgIpc) is 2.56. The van der Waals surface area contributed by atoms with Crippen LogP contribution in [0.1, 0.15) is 26.1 Å². The van der Waals surface area contributed by atoms with E-state index in [0.29, 0.717) is 10.7 Å². The summed E-state index contributed by atoms with van der Waals surface area (Å²) < 4.78 is 28.4. The molecule has 5 heteroatoms. The highest BCUT2D eigenvalue weighted by Gasteiger charge is 2.34. The molecule has 1 rings (SSSR count). The first kappa shape index (κ1) is 12.8. The first-order valence-electron chi connectivity index (χ1n) is 5.24. The lowest BCUT2D eigenvalue weighted by Gasteiger charge is -2.13. The van der Waals surface area contributed by atoms with Crippen LogP contribution in [0.4, 0.5) is 8.78 Å². The van der Waals surface area contributed by atoms with Gasteiger partial charge in [-0.1, -0.05) is 19.1 Å². The maximum Gasteiger partial charge on any atom is 0.361 e. The highest BCUT2D eigenvalue weighted by molar-refractivity contribution is 5.25. The number of aromatic nitrogens is 2. The van der Waals surface area contributed by atoms with Crippen LogP contribution in [0.3, 0.4) is 0 Å². The van der Waals surface area contributed by atoms with Crippen molar-refractivity contribution in [2.75, 3.05) is 7.05 Å². The van der Waals surface area contributed by atoms with Crippen molar-refractivity contribution in [2.24, 2.45) is 7.05 Å². The summed E-state index contributed by atoms with van der Waals surface area (Å²) in [6, 6.07) is -3.10. The summed E-state index contributed by atoms with van der Waals surface area (Å²) in [6.45, 7) is 3.76. The van der Waals surface area contributed by atoms with Crippen LogP contribution in [-0.2, 0) is 13.1 Å². The number of hydrogen-bond acceptors (Lipinski definition) is 2. The summed E-state index contributed by atoms with van der Waals surface area (Å²) in [5.41, 5.74) is 0. The van der Waals surface area contributed by atoms with Gasteiger partial charge < -0.3 is 4.57 Å². The predicted molar refractivity (Wildman–Crippen MR) is 60.3 cm³/mol. The Morgan fingerprint density at radius 2 is 2.12 bits per heavy atom. The second-order valence-corrected chi connectivity index (χ2v) is 3.49. The molecule has 0 aliphatic heterocycles. The number of alkyl halides is 2. The van der Waals surface area contributed by atoms with Gasteiger partial charge in [-0.15, -0.1) is 0 Å². The van der Waals surface area contributed by atoms with E-state index in [1.54, 1.807) is 13.1 Å². The zero-order valence-corrected chi connectivity index (χ0v) is 10.0. The molecule has 16 heavy (non-hydrogen) atoms. The lowest BCUT2D eigenvalue weighted by molar-refractivity contribution is -0.0450. The van der Waals surface area contributed by atoms with Gasteiger partial charge in [-0.3, -0.25) is 5.32 Å². The maximum atomic E-state index is 13.5. The molecule has 90 valence electrons. The molecule has 0 aliphatic carbocycles. The van der Waals surface area contributed by atoms with Crippen LogP contribution in [0.15, 0.2) is 0 Å². The van der Waals surface area contributed by atoms with Crippen molar-refractivity contribution >= 4 is 12.2 Å². The van der Waals surface area contributed by atoms with E-state index in [-0.39, 0.29) is 5.82 Å². The second-order valence-electron chi connectivity index (χ2n) is 3.49. The minimum absolute atomic E-state index is 0.261. The molecule has 3 nitrogen and oxygen atoms in total. The third kappa shape index (κ3) is 2.14. The molecule has 0 atom stereocenters. The van der Waals surface area contributed by atoms with Crippen LogP contribution < -0.4 is 16.0 Å². The fraction of sp³-hybridized carbons (Fsp3) is 0.545. The molecule has 1 heterocycles. The zero-order chi connectivity index (χ0) is 12.3. The zero-order valence-electron chi connectivity index (χ0n) is 10.0. The number of rotatable bonds is 3. The molecule has 0 radical (unpaired) electrons. The molecule has 0 saturated carbocycles. The highest BCUT2D eigenvalue weighted by Crippen LogP contribution is 2.19. The third-order valence-corrected chi connectivity index (χ3v) is 2.43. The van der Waals surface area contributed by atoms with Gasteiger partial charge in [0, 0.05) is 7.05 Å². The van der Waals surface area contributed by atoms with Crippen molar-refractivity contribution in [3.8, 4) is 0 Å². The van der Waals surface area contributed by atoms with E-state index in [1.807, 2.05) is 25.2 Å². The van der Waals surface area contributed by atoms with Crippen molar-refractivity contribution in [3.63, 3.8) is 0 Å². The Morgan fingerprint density at radius 1 is 1.50 bits per heavy atom. The van der Waals surface area contributed by atoms with Gasteiger partial charge in [0.1, 0.15) is 0 Å². The number of nitrogens with one attached hydrogen (secondary N) is 1. The summed E-state index contributed by atoms with van der Waals surface area (Å²) >= 11 is 0. The number of halogens is 2. The van der Waals surface area contributed by atoms with E-state index in [9.17, 15) is 8.78 Å². The summed E-state index contributed by atoms with van der Waals surface area (Å²) in [5, 5.41) is 3.28. The molecule has 0 bridgehead atoms. The normalized spacial score (nSPS) is 14.9.